The molecule has 1 fully saturated rings. The number of carbonyl (C=O) groups is 2. The zero-order valence-electron chi connectivity index (χ0n) is 20.4. The van der Waals surface area contributed by atoms with Crippen molar-refractivity contribution in [2.45, 2.75) is 45.8 Å². The Balaban J connectivity index is 2.22. The second kappa shape index (κ2) is 11.2. The van der Waals surface area contributed by atoms with Crippen LogP contribution in [-0.4, -0.2) is 48.6 Å². The summed E-state index contributed by atoms with van der Waals surface area (Å²) in [5.41, 5.74) is 0.670. The highest BCUT2D eigenvalue weighted by molar-refractivity contribution is 6.47. The van der Waals surface area contributed by atoms with Crippen molar-refractivity contribution in [3.05, 3.63) is 57.1 Å². The van der Waals surface area contributed by atoms with Crippen molar-refractivity contribution in [1.29, 1.82) is 0 Å². The van der Waals surface area contributed by atoms with E-state index in [-0.39, 0.29) is 38.8 Å². The van der Waals surface area contributed by atoms with E-state index in [1.165, 1.54) is 25.2 Å². The number of nitrogens with zero attached hydrogens (tertiary/aromatic N) is 1. The predicted octanol–water partition coefficient (Wildman–Crippen LogP) is 6.02. The molecule has 7 nitrogen and oxygen atoms in total. The highest BCUT2D eigenvalue weighted by Crippen LogP contribution is 2.47. The molecule has 1 atom stereocenters. The molecule has 0 bridgehead atoms. The first kappa shape index (κ1) is 26.7. The molecule has 2 aromatic carbocycles. The van der Waals surface area contributed by atoms with Crippen LogP contribution < -0.4 is 14.2 Å². The fraction of sp³-hybridized carbons (Fsp3) is 0.385. The van der Waals surface area contributed by atoms with E-state index in [4.69, 9.17) is 37.4 Å². The average Bonchev–Trinajstić information content (AvgIpc) is 3.07. The molecule has 1 aliphatic heterocycles. The Morgan fingerprint density at radius 2 is 1.71 bits per heavy atom. The zero-order valence-corrected chi connectivity index (χ0v) is 21.9. The Kier molecular flexibility index (Phi) is 8.56. The molecular weight excluding hydrogens is 493 g/mol. The fourth-order valence-electron chi connectivity index (χ4n) is 4.08. The van der Waals surface area contributed by atoms with Crippen LogP contribution in [0.2, 0.25) is 10.0 Å². The number of aliphatic hydroxyl groups excluding tert-OH is 1. The summed E-state index contributed by atoms with van der Waals surface area (Å²) in [6, 6.07) is 7.71. The maximum atomic E-state index is 13.2. The van der Waals surface area contributed by atoms with Crippen LogP contribution in [0.15, 0.2) is 35.9 Å². The van der Waals surface area contributed by atoms with Crippen molar-refractivity contribution in [3.63, 3.8) is 0 Å². The zero-order chi connectivity index (χ0) is 25.9. The first-order valence-corrected chi connectivity index (χ1v) is 12.1. The molecule has 0 aromatic heterocycles. The number of aliphatic hydroxyl groups is 1. The van der Waals surface area contributed by atoms with Crippen LogP contribution in [0.1, 0.15) is 50.8 Å². The van der Waals surface area contributed by atoms with Crippen molar-refractivity contribution in [2.24, 2.45) is 0 Å². The molecule has 1 heterocycles. The highest BCUT2D eigenvalue weighted by atomic mass is 35.5. The number of hydrogen-bond donors (Lipinski definition) is 1. The molecule has 188 valence electrons. The number of benzene rings is 2. The lowest BCUT2D eigenvalue weighted by Gasteiger charge is -2.25. The number of unbranched alkanes of at least 4 members (excludes halogenated alkanes) is 1. The number of carbonyl (C=O) groups excluding carboxylic acids is 2. The summed E-state index contributed by atoms with van der Waals surface area (Å²) in [4.78, 5) is 27.7. The average molecular weight is 522 g/mol. The second-order valence-corrected chi connectivity index (χ2v) is 9.15. The number of methoxy groups -OCH3 is 2. The van der Waals surface area contributed by atoms with Gasteiger partial charge in [-0.3, -0.25) is 9.59 Å². The number of rotatable bonds is 9. The largest absolute Gasteiger partial charge is 0.507 e. The number of ether oxygens (including phenoxy) is 3. The highest BCUT2D eigenvalue weighted by Gasteiger charge is 2.46. The number of Topliss-reactive ketones (excluding diaryl/α,β-unsaturated/α-hetero) is 1. The maximum Gasteiger partial charge on any atom is 0.295 e. The Labute approximate surface area is 215 Å². The fourth-order valence-corrected chi connectivity index (χ4v) is 4.77. The molecule has 1 N–H and O–H groups in total. The van der Waals surface area contributed by atoms with Gasteiger partial charge >= 0.3 is 0 Å². The van der Waals surface area contributed by atoms with Gasteiger partial charge in [0.15, 0.2) is 11.5 Å². The van der Waals surface area contributed by atoms with E-state index in [0.29, 0.717) is 24.3 Å². The third-order valence-electron chi connectivity index (χ3n) is 5.65. The van der Waals surface area contributed by atoms with Gasteiger partial charge in [-0.15, -0.1) is 0 Å². The summed E-state index contributed by atoms with van der Waals surface area (Å²) in [5.74, 6) is -1.01. The van der Waals surface area contributed by atoms with Gasteiger partial charge in [0.1, 0.15) is 16.5 Å². The van der Waals surface area contributed by atoms with Gasteiger partial charge in [0.05, 0.1) is 42.5 Å². The molecule has 0 radical (unpaired) electrons. The number of likely N-dealkylation sites (tertiary alicyclic amines) is 1. The number of amides is 1. The van der Waals surface area contributed by atoms with E-state index >= 15 is 0 Å². The van der Waals surface area contributed by atoms with Crippen LogP contribution in [0, 0.1) is 0 Å². The van der Waals surface area contributed by atoms with E-state index in [9.17, 15) is 14.7 Å². The van der Waals surface area contributed by atoms with Crippen LogP contribution in [0.25, 0.3) is 5.76 Å². The van der Waals surface area contributed by atoms with E-state index in [1.807, 2.05) is 20.8 Å². The molecule has 1 aliphatic rings. The number of halogens is 2. The predicted molar refractivity (Wildman–Crippen MR) is 136 cm³/mol. The van der Waals surface area contributed by atoms with Gasteiger partial charge in [0.2, 0.25) is 0 Å². The Morgan fingerprint density at radius 3 is 2.26 bits per heavy atom. The molecular formula is C26H29Cl2NO6. The van der Waals surface area contributed by atoms with E-state index in [1.54, 1.807) is 24.3 Å². The molecule has 1 saturated heterocycles. The summed E-state index contributed by atoms with van der Waals surface area (Å²) in [5, 5.41) is 11.6. The molecule has 0 saturated carbocycles. The topological polar surface area (TPSA) is 85.3 Å². The summed E-state index contributed by atoms with van der Waals surface area (Å²) in [6.07, 6.45) is 1.52. The first-order chi connectivity index (χ1) is 16.7. The number of ketones is 1. The third-order valence-corrected chi connectivity index (χ3v) is 6.28. The van der Waals surface area contributed by atoms with Gasteiger partial charge in [-0.25, -0.2) is 0 Å². The van der Waals surface area contributed by atoms with Gasteiger partial charge in [0, 0.05) is 6.54 Å². The maximum absolute atomic E-state index is 13.2. The molecule has 9 heteroatoms. The lowest BCUT2D eigenvalue weighted by molar-refractivity contribution is -0.139. The van der Waals surface area contributed by atoms with Crippen molar-refractivity contribution in [2.75, 3.05) is 20.8 Å². The minimum Gasteiger partial charge on any atom is -0.507 e. The van der Waals surface area contributed by atoms with Crippen LogP contribution in [-0.2, 0) is 9.59 Å². The van der Waals surface area contributed by atoms with Gasteiger partial charge in [-0.1, -0.05) is 48.7 Å². The van der Waals surface area contributed by atoms with Gasteiger partial charge < -0.3 is 24.2 Å². The Hall–Kier alpha value is -2.90. The molecule has 3 rings (SSSR count). The van der Waals surface area contributed by atoms with Crippen LogP contribution >= 0.6 is 23.2 Å². The quantitative estimate of drug-likeness (QED) is 0.246. The van der Waals surface area contributed by atoms with E-state index in [2.05, 4.69) is 0 Å². The summed E-state index contributed by atoms with van der Waals surface area (Å²) in [6.45, 7) is 6.20. The molecule has 35 heavy (non-hydrogen) atoms. The van der Waals surface area contributed by atoms with Crippen LogP contribution in [0.4, 0.5) is 0 Å². The molecule has 2 aromatic rings. The minimum absolute atomic E-state index is 0.00641. The molecule has 1 unspecified atom stereocenters. The van der Waals surface area contributed by atoms with Crippen molar-refractivity contribution in [3.8, 4) is 17.2 Å². The van der Waals surface area contributed by atoms with Crippen molar-refractivity contribution < 1.29 is 28.9 Å². The SMILES string of the molecule is CCCCN1C(=O)C(=O)/C(=C(/O)c2cc(Cl)c(OC)c(Cl)c2OC)C1c1ccc(OC(C)C)cc1. The number of hydrogen-bond acceptors (Lipinski definition) is 6. The van der Waals surface area contributed by atoms with Crippen molar-refractivity contribution >= 4 is 40.7 Å². The van der Waals surface area contributed by atoms with E-state index in [0.717, 1.165) is 6.42 Å². The van der Waals surface area contributed by atoms with E-state index < -0.39 is 23.5 Å². The summed E-state index contributed by atoms with van der Waals surface area (Å²) < 4.78 is 16.4. The molecule has 0 spiro atoms. The molecule has 0 aliphatic carbocycles. The van der Waals surface area contributed by atoms with Crippen molar-refractivity contribution in [1.82, 2.24) is 4.90 Å². The lowest BCUT2D eigenvalue weighted by Crippen LogP contribution is -2.30. The van der Waals surface area contributed by atoms with Gasteiger partial charge in [-0.2, -0.15) is 0 Å². The summed E-state index contributed by atoms with van der Waals surface area (Å²) >= 11 is 12.7. The van der Waals surface area contributed by atoms with Crippen LogP contribution in [0.3, 0.4) is 0 Å². The standard InChI is InChI=1S/C26H29Cl2NO6/c1-6-7-12-29-21(15-8-10-16(11-9-15)35-14(2)3)19(23(31)26(29)32)22(30)17-13-18(27)25(34-5)20(28)24(17)33-4/h8-11,13-14,21,30H,6-7,12H2,1-5H3/b22-19+. The van der Waals surface area contributed by atoms with Gasteiger partial charge in [0.25, 0.3) is 11.7 Å². The van der Waals surface area contributed by atoms with Crippen LogP contribution in [0.5, 0.6) is 17.2 Å². The van der Waals surface area contributed by atoms with Gasteiger partial charge in [-0.05, 0) is 44.0 Å². The summed E-state index contributed by atoms with van der Waals surface area (Å²) in [7, 11) is 2.77. The minimum atomic E-state index is -0.806. The second-order valence-electron chi connectivity index (χ2n) is 8.37. The smallest absolute Gasteiger partial charge is 0.295 e. The Morgan fingerprint density at radius 1 is 1.09 bits per heavy atom. The monoisotopic (exact) mass is 521 g/mol. The molecule has 1 amide bonds. The third kappa shape index (κ3) is 5.21. The normalized spacial score (nSPS) is 17.3. The first-order valence-electron chi connectivity index (χ1n) is 11.3. The lowest BCUT2D eigenvalue weighted by atomic mass is 9.94. The Bertz CT molecular complexity index is 1140.